The normalized spacial score (nSPS) is 10.9. The second kappa shape index (κ2) is 9.46. The van der Waals surface area contributed by atoms with Crippen LogP contribution in [0, 0.1) is 6.92 Å². The Hall–Kier alpha value is -3.01. The van der Waals surface area contributed by atoms with E-state index in [1.54, 1.807) is 7.11 Å². The van der Waals surface area contributed by atoms with E-state index in [1.165, 1.54) is 24.8 Å². The fraction of sp³-hybridized carbons (Fsp3) is 0.320. The van der Waals surface area contributed by atoms with Crippen LogP contribution in [0.15, 0.2) is 54.6 Å². The summed E-state index contributed by atoms with van der Waals surface area (Å²) in [5.74, 6) is 0.433. The summed E-state index contributed by atoms with van der Waals surface area (Å²) in [4.78, 5) is 11.9. The number of unbranched alkanes of at least 4 members (excludes halogenated alkanes) is 2. The summed E-state index contributed by atoms with van der Waals surface area (Å²) in [6, 6.07) is 18.6. The SMILES string of the molecule is CCCCCc1ccc(-c2cc(C(N)=O)c(C)n2Cc2ccc(OC)cc2)cc1. The minimum Gasteiger partial charge on any atom is -0.497 e. The summed E-state index contributed by atoms with van der Waals surface area (Å²) < 4.78 is 7.41. The van der Waals surface area contributed by atoms with E-state index in [2.05, 4.69) is 35.8 Å². The molecule has 0 atom stereocenters. The molecule has 1 heterocycles. The van der Waals surface area contributed by atoms with Crippen LogP contribution in [0.4, 0.5) is 0 Å². The maximum Gasteiger partial charge on any atom is 0.250 e. The number of primary amides is 1. The van der Waals surface area contributed by atoms with E-state index in [1.807, 2.05) is 37.3 Å². The largest absolute Gasteiger partial charge is 0.497 e. The highest BCUT2D eigenvalue weighted by atomic mass is 16.5. The van der Waals surface area contributed by atoms with E-state index in [-0.39, 0.29) is 0 Å². The molecule has 2 N–H and O–H groups in total. The lowest BCUT2D eigenvalue weighted by Gasteiger charge is -2.13. The van der Waals surface area contributed by atoms with Crippen molar-refractivity contribution in [2.45, 2.75) is 46.1 Å². The van der Waals surface area contributed by atoms with Crippen molar-refractivity contribution in [2.24, 2.45) is 5.73 Å². The highest BCUT2D eigenvalue weighted by Gasteiger charge is 2.17. The number of rotatable bonds is 9. The van der Waals surface area contributed by atoms with Crippen LogP contribution < -0.4 is 10.5 Å². The molecular weight excluding hydrogens is 360 g/mol. The zero-order chi connectivity index (χ0) is 20.8. The average molecular weight is 391 g/mol. The monoisotopic (exact) mass is 390 g/mol. The molecule has 4 heteroatoms. The lowest BCUT2D eigenvalue weighted by Crippen LogP contribution is -2.12. The van der Waals surface area contributed by atoms with Gasteiger partial charge >= 0.3 is 0 Å². The molecule has 2 aromatic carbocycles. The molecule has 3 aromatic rings. The van der Waals surface area contributed by atoms with Crippen molar-refractivity contribution in [1.29, 1.82) is 0 Å². The molecule has 0 bridgehead atoms. The van der Waals surface area contributed by atoms with Crippen molar-refractivity contribution >= 4 is 5.91 Å². The Balaban J connectivity index is 1.92. The Morgan fingerprint density at radius 2 is 1.66 bits per heavy atom. The minimum absolute atomic E-state index is 0.395. The van der Waals surface area contributed by atoms with Gasteiger partial charge in [0.25, 0.3) is 5.91 Å². The molecule has 0 aliphatic heterocycles. The third kappa shape index (κ3) is 4.89. The summed E-state index contributed by atoms with van der Waals surface area (Å²) in [5, 5.41) is 0. The molecular formula is C25H30N2O2. The van der Waals surface area contributed by atoms with Gasteiger partial charge in [0.05, 0.1) is 12.7 Å². The standard InChI is InChI=1S/C25H30N2O2/c1-4-5-6-7-19-8-12-21(13-9-19)24-16-23(25(26)28)18(2)27(24)17-20-10-14-22(29-3)15-11-20/h8-16H,4-7,17H2,1-3H3,(H2,26,28). The third-order valence-corrected chi connectivity index (χ3v) is 5.45. The number of methoxy groups -OCH3 is 1. The van der Waals surface area contributed by atoms with Crippen LogP contribution in [-0.2, 0) is 13.0 Å². The average Bonchev–Trinajstić information content (AvgIpc) is 3.06. The van der Waals surface area contributed by atoms with E-state index in [0.717, 1.165) is 34.7 Å². The summed E-state index contributed by atoms with van der Waals surface area (Å²) in [5.41, 5.74) is 11.7. The number of nitrogens with zero attached hydrogens (tertiary/aromatic N) is 1. The molecule has 152 valence electrons. The Morgan fingerprint density at radius 1 is 1.00 bits per heavy atom. The van der Waals surface area contributed by atoms with E-state index in [0.29, 0.717) is 12.1 Å². The van der Waals surface area contributed by atoms with Gasteiger partial charge in [0, 0.05) is 17.9 Å². The molecule has 0 spiro atoms. The first-order valence-electron chi connectivity index (χ1n) is 10.3. The highest BCUT2D eigenvalue weighted by Crippen LogP contribution is 2.28. The fourth-order valence-electron chi connectivity index (χ4n) is 3.67. The smallest absolute Gasteiger partial charge is 0.250 e. The number of carbonyl (C=O) groups is 1. The first-order chi connectivity index (χ1) is 14.0. The van der Waals surface area contributed by atoms with Crippen molar-refractivity contribution in [1.82, 2.24) is 4.57 Å². The number of hydrogen-bond acceptors (Lipinski definition) is 2. The molecule has 29 heavy (non-hydrogen) atoms. The maximum atomic E-state index is 11.9. The second-order valence-electron chi connectivity index (χ2n) is 7.48. The molecule has 0 aliphatic carbocycles. The van der Waals surface area contributed by atoms with Crippen LogP contribution in [0.5, 0.6) is 5.75 Å². The number of aromatic nitrogens is 1. The van der Waals surface area contributed by atoms with Gasteiger partial charge in [0.1, 0.15) is 5.75 Å². The number of carbonyl (C=O) groups excluding carboxylic acids is 1. The predicted octanol–water partition coefficient (Wildman–Crippen LogP) is 5.35. The van der Waals surface area contributed by atoms with Crippen molar-refractivity contribution in [3.05, 3.63) is 77.0 Å². The molecule has 0 aliphatic rings. The lowest BCUT2D eigenvalue weighted by atomic mass is 10.0. The molecule has 1 amide bonds. The van der Waals surface area contributed by atoms with Crippen LogP contribution in [0.2, 0.25) is 0 Å². The first kappa shape index (κ1) is 20.7. The third-order valence-electron chi connectivity index (χ3n) is 5.45. The minimum atomic E-state index is -0.395. The van der Waals surface area contributed by atoms with Crippen molar-refractivity contribution in [2.75, 3.05) is 7.11 Å². The van der Waals surface area contributed by atoms with Gasteiger partial charge in [-0.15, -0.1) is 0 Å². The number of amides is 1. The van der Waals surface area contributed by atoms with Gasteiger partial charge in [-0.2, -0.15) is 0 Å². The topological polar surface area (TPSA) is 57.2 Å². The van der Waals surface area contributed by atoms with Gasteiger partial charge in [-0.1, -0.05) is 56.2 Å². The molecule has 3 rings (SSSR count). The Labute approximate surface area is 173 Å². The van der Waals surface area contributed by atoms with Crippen LogP contribution in [0.25, 0.3) is 11.3 Å². The van der Waals surface area contributed by atoms with Gasteiger partial charge in [0.2, 0.25) is 0 Å². The number of benzene rings is 2. The molecule has 0 saturated heterocycles. The van der Waals surface area contributed by atoms with Crippen LogP contribution >= 0.6 is 0 Å². The number of hydrogen-bond donors (Lipinski definition) is 1. The second-order valence-corrected chi connectivity index (χ2v) is 7.48. The van der Waals surface area contributed by atoms with Crippen LogP contribution in [0.1, 0.15) is 53.4 Å². The van der Waals surface area contributed by atoms with Crippen molar-refractivity contribution in [3.63, 3.8) is 0 Å². The Kier molecular flexibility index (Phi) is 6.76. The van der Waals surface area contributed by atoms with Gasteiger partial charge in [-0.05, 0) is 54.7 Å². The zero-order valence-electron chi connectivity index (χ0n) is 17.6. The Bertz CT molecular complexity index is 954. The Morgan fingerprint density at radius 3 is 2.24 bits per heavy atom. The maximum absolute atomic E-state index is 11.9. The quantitative estimate of drug-likeness (QED) is 0.501. The number of ether oxygens (including phenoxy) is 1. The molecule has 1 aromatic heterocycles. The van der Waals surface area contributed by atoms with Crippen LogP contribution in [0.3, 0.4) is 0 Å². The molecule has 0 unspecified atom stereocenters. The summed E-state index contributed by atoms with van der Waals surface area (Å²) in [7, 11) is 1.66. The summed E-state index contributed by atoms with van der Waals surface area (Å²) in [6.45, 7) is 4.83. The lowest BCUT2D eigenvalue weighted by molar-refractivity contribution is 0.0999. The predicted molar refractivity (Wildman–Crippen MR) is 118 cm³/mol. The fourth-order valence-corrected chi connectivity index (χ4v) is 3.67. The molecule has 0 saturated carbocycles. The van der Waals surface area contributed by atoms with E-state index in [4.69, 9.17) is 10.5 Å². The molecule has 0 radical (unpaired) electrons. The van der Waals surface area contributed by atoms with Crippen molar-refractivity contribution < 1.29 is 9.53 Å². The van der Waals surface area contributed by atoms with Gasteiger partial charge < -0.3 is 15.0 Å². The van der Waals surface area contributed by atoms with Gasteiger partial charge in [-0.25, -0.2) is 0 Å². The van der Waals surface area contributed by atoms with Crippen molar-refractivity contribution in [3.8, 4) is 17.0 Å². The summed E-state index contributed by atoms with van der Waals surface area (Å²) >= 11 is 0. The van der Waals surface area contributed by atoms with Gasteiger partial charge in [0.15, 0.2) is 0 Å². The van der Waals surface area contributed by atoms with Gasteiger partial charge in [-0.3, -0.25) is 4.79 Å². The van der Waals surface area contributed by atoms with E-state index >= 15 is 0 Å². The van der Waals surface area contributed by atoms with E-state index < -0.39 is 5.91 Å². The number of nitrogens with two attached hydrogens (primary N) is 1. The van der Waals surface area contributed by atoms with Crippen LogP contribution in [-0.4, -0.2) is 17.6 Å². The highest BCUT2D eigenvalue weighted by molar-refractivity contribution is 5.95. The summed E-state index contributed by atoms with van der Waals surface area (Å²) in [6.07, 6.45) is 4.81. The molecule has 4 nitrogen and oxygen atoms in total. The van der Waals surface area contributed by atoms with E-state index in [9.17, 15) is 4.79 Å². The zero-order valence-corrected chi connectivity index (χ0v) is 17.6. The first-order valence-corrected chi connectivity index (χ1v) is 10.3. The number of aryl methyl sites for hydroxylation is 1. The molecule has 0 fully saturated rings.